The Bertz CT molecular complexity index is 1020. The number of morpholine rings is 1. The fraction of sp³-hybridized carbons (Fsp3) is 0.292. The van der Waals surface area contributed by atoms with Crippen LogP contribution in [0.15, 0.2) is 65.1 Å². The first-order valence-corrected chi connectivity index (χ1v) is 10.9. The molecule has 1 aliphatic rings. The van der Waals surface area contributed by atoms with E-state index in [1.165, 1.54) is 5.56 Å². The number of amides is 1. The lowest BCUT2D eigenvalue weighted by Crippen LogP contribution is -2.35. The molecule has 156 valence electrons. The maximum absolute atomic E-state index is 12.2. The van der Waals surface area contributed by atoms with Crippen molar-refractivity contribution < 1.29 is 14.3 Å². The van der Waals surface area contributed by atoms with Crippen molar-refractivity contribution in [2.24, 2.45) is 0 Å². The molecule has 4 rings (SSSR count). The average Bonchev–Trinajstić information content (AvgIpc) is 2.77. The van der Waals surface area contributed by atoms with Crippen molar-refractivity contribution in [3.05, 3.63) is 76.3 Å². The number of fused-ring (bicyclic) bond motifs is 1. The minimum atomic E-state index is -0.135. The summed E-state index contributed by atoms with van der Waals surface area (Å²) >= 11 is 3.47. The summed E-state index contributed by atoms with van der Waals surface area (Å²) in [5.74, 6) is 0.553. The zero-order chi connectivity index (χ0) is 20.8. The van der Waals surface area contributed by atoms with Gasteiger partial charge in [-0.2, -0.15) is 0 Å². The van der Waals surface area contributed by atoms with Gasteiger partial charge in [-0.1, -0.05) is 52.3 Å². The SMILES string of the molecule is O=C(COc1ccc2cc(Br)ccc2c1)NCc1cccc(CN2CCOCC2)c1. The first-order valence-electron chi connectivity index (χ1n) is 10.1. The Kier molecular flexibility index (Phi) is 7.00. The minimum absolute atomic E-state index is 0.00446. The number of hydrogen-bond donors (Lipinski definition) is 1. The summed E-state index contributed by atoms with van der Waals surface area (Å²) in [6, 6.07) is 20.3. The van der Waals surface area contributed by atoms with Crippen molar-refractivity contribution in [3.63, 3.8) is 0 Å². The van der Waals surface area contributed by atoms with Gasteiger partial charge in [0.25, 0.3) is 5.91 Å². The van der Waals surface area contributed by atoms with E-state index in [2.05, 4.69) is 44.3 Å². The molecule has 0 saturated carbocycles. The molecule has 3 aromatic rings. The predicted octanol–water partition coefficient (Wildman–Crippen LogP) is 4.13. The predicted molar refractivity (Wildman–Crippen MR) is 122 cm³/mol. The normalized spacial score (nSPS) is 14.6. The first kappa shape index (κ1) is 20.8. The molecule has 0 radical (unpaired) electrons. The van der Waals surface area contributed by atoms with E-state index in [4.69, 9.17) is 9.47 Å². The standard InChI is InChI=1S/C24H25BrN2O3/c25-22-6-4-21-14-23(7-5-20(21)13-22)30-17-24(28)26-15-18-2-1-3-19(12-18)16-27-8-10-29-11-9-27/h1-7,12-14H,8-11,15-17H2,(H,26,28). The Balaban J connectivity index is 1.26. The van der Waals surface area contributed by atoms with Gasteiger partial charge in [0.1, 0.15) is 5.75 Å². The third-order valence-electron chi connectivity index (χ3n) is 5.13. The zero-order valence-corrected chi connectivity index (χ0v) is 18.4. The molecule has 6 heteroatoms. The summed E-state index contributed by atoms with van der Waals surface area (Å²) < 4.78 is 12.1. The number of ether oxygens (including phenoxy) is 2. The number of rotatable bonds is 7. The van der Waals surface area contributed by atoms with Crippen LogP contribution in [0.4, 0.5) is 0 Å². The quantitative estimate of drug-likeness (QED) is 0.566. The van der Waals surface area contributed by atoms with Gasteiger partial charge in [-0.05, 0) is 46.2 Å². The highest BCUT2D eigenvalue weighted by Gasteiger charge is 2.11. The number of benzene rings is 3. The molecule has 0 unspecified atom stereocenters. The second-order valence-electron chi connectivity index (χ2n) is 7.43. The summed E-state index contributed by atoms with van der Waals surface area (Å²) in [5.41, 5.74) is 2.34. The maximum atomic E-state index is 12.2. The fourth-order valence-corrected chi connectivity index (χ4v) is 3.92. The Morgan fingerprint density at radius 3 is 2.63 bits per heavy atom. The van der Waals surface area contributed by atoms with Gasteiger partial charge in [0.15, 0.2) is 6.61 Å². The molecule has 0 aliphatic carbocycles. The molecule has 30 heavy (non-hydrogen) atoms. The van der Waals surface area contributed by atoms with Crippen LogP contribution in [0.5, 0.6) is 5.75 Å². The van der Waals surface area contributed by atoms with Gasteiger partial charge in [-0.15, -0.1) is 0 Å². The van der Waals surface area contributed by atoms with Crippen LogP contribution in [0.1, 0.15) is 11.1 Å². The third-order valence-corrected chi connectivity index (χ3v) is 5.63. The lowest BCUT2D eigenvalue weighted by Gasteiger charge is -2.26. The van der Waals surface area contributed by atoms with E-state index >= 15 is 0 Å². The number of carbonyl (C=O) groups is 1. The van der Waals surface area contributed by atoms with Crippen molar-refractivity contribution in [1.29, 1.82) is 0 Å². The third kappa shape index (κ3) is 5.81. The molecule has 1 saturated heterocycles. The van der Waals surface area contributed by atoms with Crippen LogP contribution in [0.25, 0.3) is 10.8 Å². The number of halogens is 1. The lowest BCUT2D eigenvalue weighted by atomic mass is 10.1. The molecule has 1 heterocycles. The summed E-state index contributed by atoms with van der Waals surface area (Å²) in [6.45, 7) is 4.91. The van der Waals surface area contributed by atoms with Gasteiger partial charge < -0.3 is 14.8 Å². The Morgan fingerprint density at radius 1 is 1.00 bits per heavy atom. The van der Waals surface area contributed by atoms with E-state index < -0.39 is 0 Å². The summed E-state index contributed by atoms with van der Waals surface area (Å²) in [5, 5.41) is 5.14. The highest BCUT2D eigenvalue weighted by atomic mass is 79.9. The molecule has 3 aromatic carbocycles. The molecule has 0 atom stereocenters. The fourth-order valence-electron chi connectivity index (χ4n) is 3.54. The monoisotopic (exact) mass is 468 g/mol. The Morgan fingerprint density at radius 2 is 1.77 bits per heavy atom. The highest BCUT2D eigenvalue weighted by Crippen LogP contribution is 2.24. The van der Waals surface area contributed by atoms with Crippen molar-refractivity contribution >= 4 is 32.6 Å². The zero-order valence-electron chi connectivity index (χ0n) is 16.8. The molecular formula is C24H25BrN2O3. The number of hydrogen-bond acceptors (Lipinski definition) is 4. The smallest absolute Gasteiger partial charge is 0.258 e. The van der Waals surface area contributed by atoms with Crippen LogP contribution < -0.4 is 10.1 Å². The molecule has 1 aliphatic heterocycles. The van der Waals surface area contributed by atoms with Crippen LogP contribution in [0.3, 0.4) is 0 Å². The van der Waals surface area contributed by atoms with Crippen LogP contribution >= 0.6 is 15.9 Å². The number of nitrogens with one attached hydrogen (secondary N) is 1. The van der Waals surface area contributed by atoms with Crippen LogP contribution in [-0.4, -0.2) is 43.7 Å². The number of carbonyl (C=O) groups excluding carboxylic acids is 1. The lowest BCUT2D eigenvalue weighted by molar-refractivity contribution is -0.123. The second-order valence-corrected chi connectivity index (χ2v) is 8.34. The molecule has 0 aromatic heterocycles. The summed E-state index contributed by atoms with van der Waals surface area (Å²) in [4.78, 5) is 14.6. The first-order chi connectivity index (χ1) is 14.7. The van der Waals surface area contributed by atoms with Gasteiger partial charge in [-0.25, -0.2) is 0 Å². The van der Waals surface area contributed by atoms with Crippen molar-refractivity contribution in [3.8, 4) is 5.75 Å². The van der Waals surface area contributed by atoms with E-state index in [9.17, 15) is 4.79 Å². The van der Waals surface area contributed by atoms with Gasteiger partial charge in [0.05, 0.1) is 13.2 Å². The minimum Gasteiger partial charge on any atom is -0.484 e. The van der Waals surface area contributed by atoms with Crippen LogP contribution in [0.2, 0.25) is 0 Å². The van der Waals surface area contributed by atoms with E-state index in [1.54, 1.807) is 0 Å². The molecular weight excluding hydrogens is 444 g/mol. The number of nitrogens with zero attached hydrogens (tertiary/aromatic N) is 1. The second kappa shape index (κ2) is 10.1. The van der Waals surface area contributed by atoms with E-state index in [-0.39, 0.29) is 12.5 Å². The van der Waals surface area contributed by atoms with Gasteiger partial charge >= 0.3 is 0 Å². The van der Waals surface area contributed by atoms with Gasteiger partial charge in [-0.3, -0.25) is 9.69 Å². The van der Waals surface area contributed by atoms with Crippen LogP contribution in [-0.2, 0) is 22.6 Å². The highest BCUT2D eigenvalue weighted by molar-refractivity contribution is 9.10. The van der Waals surface area contributed by atoms with Gasteiger partial charge in [0, 0.05) is 30.7 Å². The topological polar surface area (TPSA) is 50.8 Å². The molecule has 1 fully saturated rings. The molecule has 1 N–H and O–H groups in total. The average molecular weight is 469 g/mol. The van der Waals surface area contributed by atoms with Crippen molar-refractivity contribution in [1.82, 2.24) is 10.2 Å². The maximum Gasteiger partial charge on any atom is 0.258 e. The molecule has 0 spiro atoms. The van der Waals surface area contributed by atoms with Crippen molar-refractivity contribution in [2.75, 3.05) is 32.9 Å². The molecule has 1 amide bonds. The molecule has 5 nitrogen and oxygen atoms in total. The summed E-state index contributed by atoms with van der Waals surface area (Å²) in [7, 11) is 0. The Labute approximate surface area is 185 Å². The summed E-state index contributed by atoms with van der Waals surface area (Å²) in [6.07, 6.45) is 0. The van der Waals surface area contributed by atoms with Gasteiger partial charge in [0.2, 0.25) is 0 Å². The molecule has 0 bridgehead atoms. The van der Waals surface area contributed by atoms with Crippen molar-refractivity contribution in [2.45, 2.75) is 13.1 Å². The van der Waals surface area contributed by atoms with E-state index in [0.29, 0.717) is 12.3 Å². The Hall–Kier alpha value is -2.41. The largest absolute Gasteiger partial charge is 0.484 e. The van der Waals surface area contributed by atoms with E-state index in [1.807, 2.05) is 42.5 Å². The van der Waals surface area contributed by atoms with E-state index in [0.717, 1.165) is 53.7 Å². The van der Waals surface area contributed by atoms with Crippen LogP contribution in [0, 0.1) is 0 Å².